The van der Waals surface area contributed by atoms with Gasteiger partial charge in [0.2, 0.25) is 0 Å². The molecule has 6 heteroatoms. The van der Waals surface area contributed by atoms with Gasteiger partial charge in [0.1, 0.15) is 24.3 Å². The van der Waals surface area contributed by atoms with E-state index in [1.807, 2.05) is 24.3 Å². The molecule has 4 nitrogen and oxygen atoms in total. The van der Waals surface area contributed by atoms with Crippen LogP contribution >= 0.6 is 11.6 Å². The predicted molar refractivity (Wildman–Crippen MR) is 95.6 cm³/mol. The molecule has 0 saturated carbocycles. The van der Waals surface area contributed by atoms with Crippen LogP contribution in [0.5, 0.6) is 5.75 Å². The maximum atomic E-state index is 13.7. The average molecular weight is 366 g/mol. The summed E-state index contributed by atoms with van der Waals surface area (Å²) in [5.41, 5.74) is 1.44. The molecule has 2 aromatic carbocycles. The van der Waals surface area contributed by atoms with Crippen LogP contribution in [-0.4, -0.2) is 55.6 Å². The summed E-state index contributed by atoms with van der Waals surface area (Å²) >= 11 is 5.75. The highest BCUT2D eigenvalue weighted by Gasteiger charge is 2.16. The second-order valence-corrected chi connectivity index (χ2v) is 6.41. The summed E-state index contributed by atoms with van der Waals surface area (Å²) in [4.78, 5) is 2.15. The number of rotatable bonds is 6. The standard InChI is InChI=1S/C19H21ClFNO3/c20-17-6-5-14(11-18(17)21)16-3-1-2-4-19(16)25-13-15(23)12-22-7-9-24-10-8-22/h1-6,11,15,23H,7-10,12-13H2/t15-/m0/s1. The highest BCUT2D eigenvalue weighted by Crippen LogP contribution is 2.31. The number of ether oxygens (including phenoxy) is 2. The summed E-state index contributed by atoms with van der Waals surface area (Å²) in [5, 5.41) is 10.3. The molecule has 0 bridgehead atoms. The number of morpholine rings is 1. The summed E-state index contributed by atoms with van der Waals surface area (Å²) < 4.78 is 24.8. The van der Waals surface area contributed by atoms with E-state index in [9.17, 15) is 9.50 Å². The van der Waals surface area contributed by atoms with E-state index in [2.05, 4.69) is 4.90 Å². The Morgan fingerprint density at radius 3 is 2.72 bits per heavy atom. The van der Waals surface area contributed by atoms with Crippen LogP contribution in [0.4, 0.5) is 4.39 Å². The van der Waals surface area contributed by atoms with Crippen molar-refractivity contribution < 1.29 is 19.0 Å². The molecule has 0 aromatic heterocycles. The second-order valence-electron chi connectivity index (χ2n) is 6.00. The van der Waals surface area contributed by atoms with Crippen molar-refractivity contribution in [3.63, 3.8) is 0 Å². The van der Waals surface area contributed by atoms with E-state index in [-0.39, 0.29) is 11.6 Å². The lowest BCUT2D eigenvalue weighted by Crippen LogP contribution is -2.42. The molecule has 1 aliphatic heterocycles. The first-order valence-corrected chi connectivity index (χ1v) is 8.66. The van der Waals surface area contributed by atoms with E-state index in [4.69, 9.17) is 21.1 Å². The highest BCUT2D eigenvalue weighted by molar-refractivity contribution is 6.30. The van der Waals surface area contributed by atoms with Gasteiger partial charge < -0.3 is 14.6 Å². The third-order valence-corrected chi connectivity index (χ3v) is 4.43. The third-order valence-electron chi connectivity index (χ3n) is 4.12. The fourth-order valence-electron chi connectivity index (χ4n) is 2.82. The first-order valence-electron chi connectivity index (χ1n) is 8.29. The SMILES string of the molecule is O[C@H](COc1ccccc1-c1ccc(Cl)c(F)c1)CN1CCOCC1. The lowest BCUT2D eigenvalue weighted by Gasteiger charge is -2.28. The van der Waals surface area contributed by atoms with E-state index < -0.39 is 11.9 Å². The van der Waals surface area contributed by atoms with Crippen LogP contribution in [-0.2, 0) is 4.74 Å². The van der Waals surface area contributed by atoms with Gasteiger partial charge >= 0.3 is 0 Å². The summed E-state index contributed by atoms with van der Waals surface area (Å²) in [7, 11) is 0. The molecule has 0 aliphatic carbocycles. The number of β-amino-alcohol motifs (C(OH)–C–C–N with tert-alkyl or cyclic N) is 1. The van der Waals surface area contributed by atoms with Crippen LogP contribution in [0.1, 0.15) is 0 Å². The van der Waals surface area contributed by atoms with E-state index >= 15 is 0 Å². The summed E-state index contributed by atoms with van der Waals surface area (Å²) in [6, 6.07) is 12.0. The Balaban J connectivity index is 1.65. The van der Waals surface area contributed by atoms with Gasteiger partial charge in [-0.05, 0) is 23.8 Å². The van der Waals surface area contributed by atoms with E-state index in [1.165, 1.54) is 12.1 Å². The molecule has 0 unspecified atom stereocenters. The van der Waals surface area contributed by atoms with Crippen molar-refractivity contribution in [3.8, 4) is 16.9 Å². The van der Waals surface area contributed by atoms with Crippen molar-refractivity contribution in [2.45, 2.75) is 6.10 Å². The smallest absolute Gasteiger partial charge is 0.142 e. The van der Waals surface area contributed by atoms with Crippen molar-refractivity contribution in [2.75, 3.05) is 39.5 Å². The molecule has 1 saturated heterocycles. The van der Waals surface area contributed by atoms with Gasteiger partial charge in [0.15, 0.2) is 0 Å². The van der Waals surface area contributed by atoms with Gasteiger partial charge in [0.25, 0.3) is 0 Å². The number of aliphatic hydroxyl groups is 1. The molecule has 1 atom stereocenters. The van der Waals surface area contributed by atoms with Crippen LogP contribution in [0, 0.1) is 5.82 Å². The molecule has 3 rings (SSSR count). The molecule has 25 heavy (non-hydrogen) atoms. The quantitative estimate of drug-likeness (QED) is 0.853. The molecular formula is C19H21ClFNO3. The normalized spacial score (nSPS) is 16.6. The fourth-order valence-corrected chi connectivity index (χ4v) is 2.93. The molecular weight excluding hydrogens is 345 g/mol. The Bertz CT molecular complexity index is 707. The topological polar surface area (TPSA) is 41.9 Å². The van der Waals surface area contributed by atoms with Crippen molar-refractivity contribution in [1.82, 2.24) is 4.90 Å². The molecule has 134 valence electrons. The van der Waals surface area contributed by atoms with Crippen molar-refractivity contribution in [1.29, 1.82) is 0 Å². The Hall–Kier alpha value is -1.66. The van der Waals surface area contributed by atoms with Gasteiger partial charge in [-0.2, -0.15) is 0 Å². The summed E-state index contributed by atoms with van der Waals surface area (Å²) in [6.07, 6.45) is -0.604. The zero-order valence-electron chi connectivity index (χ0n) is 13.8. The minimum Gasteiger partial charge on any atom is -0.490 e. The number of halogens is 2. The van der Waals surface area contributed by atoms with E-state index in [0.717, 1.165) is 18.7 Å². The average Bonchev–Trinajstić information content (AvgIpc) is 2.63. The Kier molecular flexibility index (Phi) is 6.26. The van der Waals surface area contributed by atoms with Crippen LogP contribution in [0.15, 0.2) is 42.5 Å². The number of nitrogens with zero attached hydrogens (tertiary/aromatic N) is 1. The van der Waals surface area contributed by atoms with Gasteiger partial charge in [-0.1, -0.05) is 35.9 Å². The van der Waals surface area contributed by atoms with E-state index in [1.54, 1.807) is 6.07 Å². The molecule has 1 fully saturated rings. The van der Waals surface area contributed by atoms with Crippen LogP contribution in [0.3, 0.4) is 0 Å². The van der Waals surface area contributed by atoms with Crippen LogP contribution < -0.4 is 4.74 Å². The zero-order valence-corrected chi connectivity index (χ0v) is 14.6. The third kappa shape index (κ3) is 4.92. The lowest BCUT2D eigenvalue weighted by atomic mass is 10.0. The van der Waals surface area contributed by atoms with Gasteiger partial charge in [0.05, 0.1) is 18.2 Å². The van der Waals surface area contributed by atoms with Gasteiger partial charge in [0, 0.05) is 25.2 Å². The van der Waals surface area contributed by atoms with E-state index in [0.29, 0.717) is 31.1 Å². The minimum atomic E-state index is -0.604. The van der Waals surface area contributed by atoms with Crippen molar-refractivity contribution in [2.24, 2.45) is 0 Å². The molecule has 1 N–H and O–H groups in total. The number of hydrogen-bond donors (Lipinski definition) is 1. The maximum absolute atomic E-state index is 13.7. The number of benzene rings is 2. The first-order chi connectivity index (χ1) is 12.1. The second kappa shape index (κ2) is 8.63. The number of aliphatic hydroxyl groups excluding tert-OH is 1. The van der Waals surface area contributed by atoms with Crippen molar-refractivity contribution in [3.05, 3.63) is 53.3 Å². The Labute approximate surface area is 151 Å². The fraction of sp³-hybridized carbons (Fsp3) is 0.368. The molecule has 2 aromatic rings. The molecule has 0 radical (unpaired) electrons. The molecule has 0 amide bonds. The highest BCUT2D eigenvalue weighted by atomic mass is 35.5. The summed E-state index contributed by atoms with van der Waals surface area (Å²) in [6.45, 7) is 3.73. The zero-order chi connectivity index (χ0) is 17.6. The Morgan fingerprint density at radius 1 is 1.20 bits per heavy atom. The maximum Gasteiger partial charge on any atom is 0.142 e. The summed E-state index contributed by atoms with van der Waals surface area (Å²) in [5.74, 6) is 0.131. The van der Waals surface area contributed by atoms with Gasteiger partial charge in [-0.15, -0.1) is 0 Å². The largest absolute Gasteiger partial charge is 0.490 e. The van der Waals surface area contributed by atoms with Crippen LogP contribution in [0.2, 0.25) is 5.02 Å². The molecule has 0 spiro atoms. The first kappa shape index (κ1) is 18.1. The Morgan fingerprint density at radius 2 is 1.96 bits per heavy atom. The van der Waals surface area contributed by atoms with Gasteiger partial charge in [-0.3, -0.25) is 4.90 Å². The van der Waals surface area contributed by atoms with Crippen molar-refractivity contribution >= 4 is 11.6 Å². The lowest BCUT2D eigenvalue weighted by molar-refractivity contribution is 0.00471. The minimum absolute atomic E-state index is 0.0862. The van der Waals surface area contributed by atoms with Crippen LogP contribution in [0.25, 0.3) is 11.1 Å². The predicted octanol–water partition coefficient (Wildman–Crippen LogP) is 3.22. The van der Waals surface area contributed by atoms with Gasteiger partial charge in [-0.25, -0.2) is 4.39 Å². The number of hydrogen-bond acceptors (Lipinski definition) is 4. The number of para-hydroxylation sites is 1. The molecule has 1 heterocycles. The monoisotopic (exact) mass is 365 g/mol. The molecule has 1 aliphatic rings.